The van der Waals surface area contributed by atoms with Crippen molar-refractivity contribution in [3.05, 3.63) is 65.4 Å². The average molecular weight is 393 g/mol. The lowest BCUT2D eigenvalue weighted by Crippen LogP contribution is -2.23. The summed E-state index contributed by atoms with van der Waals surface area (Å²) in [4.78, 5) is 12.4. The Morgan fingerprint density at radius 2 is 1.86 bits per heavy atom. The average Bonchev–Trinajstić information content (AvgIpc) is 3.12. The number of benzene rings is 2. The van der Waals surface area contributed by atoms with Gasteiger partial charge in [-0.1, -0.05) is 31.2 Å². The lowest BCUT2D eigenvalue weighted by molar-refractivity contribution is -0.116. The van der Waals surface area contributed by atoms with E-state index in [4.69, 9.17) is 13.9 Å². The molecule has 5 nitrogen and oxygen atoms in total. The van der Waals surface area contributed by atoms with E-state index in [1.165, 1.54) is 0 Å². The highest BCUT2D eigenvalue weighted by atomic mass is 16.5. The van der Waals surface area contributed by atoms with Crippen molar-refractivity contribution in [1.82, 2.24) is 5.32 Å². The summed E-state index contributed by atoms with van der Waals surface area (Å²) in [5, 5.41) is 4.04. The van der Waals surface area contributed by atoms with E-state index < -0.39 is 0 Å². The second-order valence-corrected chi connectivity index (χ2v) is 6.82. The Morgan fingerprint density at radius 1 is 1.10 bits per heavy atom. The molecule has 3 rings (SSSR count). The van der Waals surface area contributed by atoms with Gasteiger partial charge in [0.1, 0.15) is 11.3 Å². The third kappa shape index (κ3) is 4.62. The van der Waals surface area contributed by atoms with Crippen LogP contribution in [0.2, 0.25) is 0 Å². The van der Waals surface area contributed by atoms with Crippen LogP contribution in [0.1, 0.15) is 30.7 Å². The SMILES string of the molecule is CCc1c(/C(C)=C/C(=O)NCCc2ccc(OC)c(OC)c2)oc2ccccc12. The molecule has 0 aliphatic rings. The lowest BCUT2D eigenvalue weighted by atomic mass is 10.0. The molecular weight excluding hydrogens is 366 g/mol. The molecule has 152 valence electrons. The third-order valence-electron chi connectivity index (χ3n) is 4.92. The predicted octanol–water partition coefficient (Wildman–Crippen LogP) is 4.77. The molecule has 1 amide bonds. The number of para-hydroxylation sites is 1. The van der Waals surface area contributed by atoms with Crippen molar-refractivity contribution in [3.63, 3.8) is 0 Å². The first-order valence-electron chi connectivity index (χ1n) is 9.75. The lowest BCUT2D eigenvalue weighted by Gasteiger charge is -2.10. The number of methoxy groups -OCH3 is 2. The summed E-state index contributed by atoms with van der Waals surface area (Å²) in [6.07, 6.45) is 3.15. The number of carbonyl (C=O) groups excluding carboxylic acids is 1. The molecule has 0 bridgehead atoms. The first-order valence-corrected chi connectivity index (χ1v) is 9.75. The van der Waals surface area contributed by atoms with Gasteiger partial charge in [-0.25, -0.2) is 0 Å². The number of carbonyl (C=O) groups is 1. The van der Waals surface area contributed by atoms with Crippen LogP contribution in [-0.2, 0) is 17.6 Å². The molecule has 1 N–H and O–H groups in total. The number of rotatable bonds is 8. The summed E-state index contributed by atoms with van der Waals surface area (Å²) in [7, 11) is 3.22. The minimum Gasteiger partial charge on any atom is -0.493 e. The van der Waals surface area contributed by atoms with E-state index >= 15 is 0 Å². The quantitative estimate of drug-likeness (QED) is 0.560. The molecule has 2 aromatic carbocycles. The molecule has 0 unspecified atom stereocenters. The van der Waals surface area contributed by atoms with E-state index in [9.17, 15) is 4.79 Å². The van der Waals surface area contributed by atoms with Gasteiger partial charge in [-0.2, -0.15) is 0 Å². The number of amides is 1. The smallest absolute Gasteiger partial charge is 0.244 e. The standard InChI is InChI=1S/C24H27NO4/c1-5-18-19-8-6-7-9-20(19)29-24(18)16(2)14-23(26)25-13-12-17-10-11-21(27-3)22(15-17)28-4/h6-11,14-15H,5,12-13H2,1-4H3,(H,25,26)/b16-14+. The van der Waals surface area contributed by atoms with Crippen molar-refractivity contribution in [3.8, 4) is 11.5 Å². The molecule has 5 heteroatoms. The van der Waals surface area contributed by atoms with Gasteiger partial charge in [0.05, 0.1) is 14.2 Å². The zero-order valence-electron chi connectivity index (χ0n) is 17.4. The highest BCUT2D eigenvalue weighted by Gasteiger charge is 2.14. The van der Waals surface area contributed by atoms with E-state index in [-0.39, 0.29) is 5.91 Å². The molecule has 0 radical (unpaired) electrons. The molecule has 0 aliphatic carbocycles. The summed E-state index contributed by atoms with van der Waals surface area (Å²) in [6.45, 7) is 4.53. The van der Waals surface area contributed by atoms with Crippen LogP contribution in [0, 0.1) is 0 Å². The maximum atomic E-state index is 12.4. The molecular formula is C24H27NO4. The van der Waals surface area contributed by atoms with Gasteiger partial charge in [0, 0.05) is 23.6 Å². The van der Waals surface area contributed by atoms with Crippen LogP contribution < -0.4 is 14.8 Å². The minimum atomic E-state index is -0.134. The van der Waals surface area contributed by atoms with Crippen molar-refractivity contribution >= 4 is 22.4 Å². The maximum absolute atomic E-state index is 12.4. The fourth-order valence-electron chi connectivity index (χ4n) is 3.45. The van der Waals surface area contributed by atoms with E-state index in [0.29, 0.717) is 24.5 Å². The topological polar surface area (TPSA) is 60.7 Å². The second-order valence-electron chi connectivity index (χ2n) is 6.82. The largest absolute Gasteiger partial charge is 0.493 e. The summed E-state index contributed by atoms with van der Waals surface area (Å²) in [5.74, 6) is 2.02. The van der Waals surface area contributed by atoms with E-state index in [1.807, 2.05) is 43.3 Å². The maximum Gasteiger partial charge on any atom is 0.244 e. The van der Waals surface area contributed by atoms with Gasteiger partial charge in [-0.3, -0.25) is 4.79 Å². The number of aryl methyl sites for hydroxylation is 1. The number of furan rings is 1. The summed E-state index contributed by atoms with van der Waals surface area (Å²) < 4.78 is 16.6. The van der Waals surface area contributed by atoms with E-state index in [0.717, 1.165) is 39.9 Å². The normalized spacial score (nSPS) is 11.5. The molecule has 1 heterocycles. The molecule has 1 aromatic heterocycles. The van der Waals surface area contributed by atoms with Crippen LogP contribution in [0.15, 0.2) is 53.0 Å². The molecule has 0 aliphatic heterocycles. The van der Waals surface area contributed by atoms with Gasteiger partial charge in [0.2, 0.25) is 5.91 Å². The van der Waals surface area contributed by atoms with Crippen molar-refractivity contribution < 1.29 is 18.7 Å². The minimum absolute atomic E-state index is 0.134. The first-order chi connectivity index (χ1) is 14.1. The predicted molar refractivity (Wildman–Crippen MR) is 116 cm³/mol. The first kappa shape index (κ1) is 20.5. The van der Waals surface area contributed by atoms with Crippen LogP contribution in [0.3, 0.4) is 0 Å². The van der Waals surface area contributed by atoms with Crippen molar-refractivity contribution in [2.75, 3.05) is 20.8 Å². The molecule has 0 spiro atoms. The highest BCUT2D eigenvalue weighted by molar-refractivity contribution is 5.96. The molecule has 3 aromatic rings. The highest BCUT2D eigenvalue weighted by Crippen LogP contribution is 2.31. The second kappa shape index (κ2) is 9.32. The number of allylic oxidation sites excluding steroid dienone is 1. The van der Waals surface area contributed by atoms with E-state index in [1.54, 1.807) is 20.3 Å². The number of ether oxygens (including phenoxy) is 2. The fourth-order valence-corrected chi connectivity index (χ4v) is 3.45. The van der Waals surface area contributed by atoms with Crippen molar-refractivity contribution in [2.24, 2.45) is 0 Å². The van der Waals surface area contributed by atoms with Crippen LogP contribution in [-0.4, -0.2) is 26.7 Å². The van der Waals surface area contributed by atoms with Gasteiger partial charge in [0.15, 0.2) is 11.5 Å². The van der Waals surface area contributed by atoms with Gasteiger partial charge in [0.25, 0.3) is 0 Å². The Morgan fingerprint density at radius 3 is 2.59 bits per heavy atom. The monoisotopic (exact) mass is 393 g/mol. The number of fused-ring (bicyclic) bond motifs is 1. The zero-order valence-corrected chi connectivity index (χ0v) is 17.4. The van der Waals surface area contributed by atoms with Gasteiger partial charge in [-0.15, -0.1) is 0 Å². The number of hydrogen-bond donors (Lipinski definition) is 1. The Bertz CT molecular complexity index is 1030. The van der Waals surface area contributed by atoms with Gasteiger partial charge < -0.3 is 19.2 Å². The van der Waals surface area contributed by atoms with Crippen LogP contribution >= 0.6 is 0 Å². The van der Waals surface area contributed by atoms with Crippen LogP contribution in [0.5, 0.6) is 11.5 Å². The third-order valence-corrected chi connectivity index (χ3v) is 4.92. The van der Waals surface area contributed by atoms with Gasteiger partial charge in [-0.05, 0) is 49.1 Å². The van der Waals surface area contributed by atoms with Gasteiger partial charge >= 0.3 is 0 Å². The summed E-state index contributed by atoms with van der Waals surface area (Å²) in [6, 6.07) is 13.7. The van der Waals surface area contributed by atoms with Crippen molar-refractivity contribution in [1.29, 1.82) is 0 Å². The fraction of sp³-hybridized carbons (Fsp3) is 0.292. The number of hydrogen-bond acceptors (Lipinski definition) is 4. The Hall–Kier alpha value is -3.21. The van der Waals surface area contributed by atoms with E-state index in [2.05, 4.69) is 18.3 Å². The molecule has 29 heavy (non-hydrogen) atoms. The Labute approximate surface area is 171 Å². The van der Waals surface area contributed by atoms with Crippen LogP contribution in [0.25, 0.3) is 16.5 Å². The zero-order chi connectivity index (χ0) is 20.8. The van der Waals surface area contributed by atoms with Crippen molar-refractivity contribution in [2.45, 2.75) is 26.7 Å². The molecule has 0 fully saturated rings. The Kier molecular flexibility index (Phi) is 6.60. The Balaban J connectivity index is 1.65. The molecule has 0 atom stereocenters. The molecule has 0 saturated carbocycles. The molecule has 0 saturated heterocycles. The number of nitrogens with one attached hydrogen (secondary N) is 1. The summed E-state index contributed by atoms with van der Waals surface area (Å²) >= 11 is 0. The summed E-state index contributed by atoms with van der Waals surface area (Å²) in [5.41, 5.74) is 3.87. The van der Waals surface area contributed by atoms with Crippen LogP contribution in [0.4, 0.5) is 0 Å².